The summed E-state index contributed by atoms with van der Waals surface area (Å²) >= 11 is 0. The van der Waals surface area contributed by atoms with E-state index in [1.807, 2.05) is 12.1 Å². The first-order valence-electron chi connectivity index (χ1n) is 19.3. The Hall–Kier alpha value is -7.69. The van der Waals surface area contributed by atoms with Crippen molar-refractivity contribution in [3.63, 3.8) is 0 Å². The minimum absolute atomic E-state index is 0.586. The van der Waals surface area contributed by atoms with Gasteiger partial charge in [0.2, 0.25) is 0 Å². The van der Waals surface area contributed by atoms with Crippen LogP contribution in [0.15, 0.2) is 192 Å². The number of furan rings is 1. The molecule has 0 saturated heterocycles. The smallest absolute Gasteiger partial charge is 0.164 e. The van der Waals surface area contributed by atoms with E-state index < -0.39 is 0 Å². The van der Waals surface area contributed by atoms with E-state index >= 15 is 0 Å². The Morgan fingerprint density at radius 1 is 0.281 bits per heavy atom. The first-order valence-corrected chi connectivity index (χ1v) is 19.3. The van der Waals surface area contributed by atoms with Crippen molar-refractivity contribution in [3.8, 4) is 45.3 Å². The van der Waals surface area contributed by atoms with Gasteiger partial charge >= 0.3 is 0 Å². The normalized spacial score (nSPS) is 11.9. The molecular weight excluding hydrogens is 695 g/mol. The average Bonchev–Trinajstić information content (AvgIpc) is 3.66. The number of rotatable bonds is 4. The molecule has 0 amide bonds. The molecule has 4 nitrogen and oxygen atoms in total. The molecule has 10 aromatic carbocycles. The van der Waals surface area contributed by atoms with Crippen LogP contribution in [0.5, 0.6) is 0 Å². The second-order valence-electron chi connectivity index (χ2n) is 14.7. The van der Waals surface area contributed by atoms with Crippen LogP contribution >= 0.6 is 0 Å². The Bertz CT molecular complexity index is 3460. The lowest BCUT2D eigenvalue weighted by Crippen LogP contribution is -2.02. The molecule has 0 atom stereocenters. The number of fused-ring (bicyclic) bond motifs is 10. The minimum atomic E-state index is 0.586. The van der Waals surface area contributed by atoms with Gasteiger partial charge in [-0.1, -0.05) is 158 Å². The molecule has 0 bridgehead atoms. The standard InChI is InChI=1S/C53H31N3O/c1-4-18-36-32(14-1)17-13-26-39(36)35-30-47(50-44-25-11-12-27-48(44)57-49(50)31-35)53-55-51(45-28-33-15-2-5-19-37(33)40-21-7-9-23-42(40)45)54-52(56-53)46-29-34-16-3-6-20-38(34)41-22-8-10-24-43(41)46/h1-31H. The van der Waals surface area contributed by atoms with Gasteiger partial charge in [0, 0.05) is 27.5 Å². The summed E-state index contributed by atoms with van der Waals surface area (Å²) in [7, 11) is 0. The van der Waals surface area contributed by atoms with E-state index in [0.717, 1.165) is 82.1 Å². The summed E-state index contributed by atoms with van der Waals surface area (Å²) in [5, 5.41) is 13.5. The van der Waals surface area contributed by atoms with Crippen LogP contribution in [0.1, 0.15) is 0 Å². The molecule has 264 valence electrons. The van der Waals surface area contributed by atoms with Crippen LogP contribution in [0.4, 0.5) is 0 Å². The third kappa shape index (κ3) is 4.98. The summed E-state index contributed by atoms with van der Waals surface area (Å²) in [6, 6.07) is 66.3. The van der Waals surface area contributed by atoms with Gasteiger partial charge in [-0.2, -0.15) is 0 Å². The number of hydrogen-bond donors (Lipinski definition) is 0. The highest BCUT2D eigenvalue weighted by Gasteiger charge is 2.22. The maximum atomic E-state index is 6.66. The highest BCUT2D eigenvalue weighted by Crippen LogP contribution is 2.43. The quantitative estimate of drug-likeness (QED) is 0.170. The average molecular weight is 726 g/mol. The van der Waals surface area contributed by atoms with Crippen molar-refractivity contribution in [1.82, 2.24) is 15.0 Å². The maximum Gasteiger partial charge on any atom is 0.164 e. The van der Waals surface area contributed by atoms with Crippen molar-refractivity contribution in [2.45, 2.75) is 0 Å². The lowest BCUT2D eigenvalue weighted by atomic mass is 9.94. The van der Waals surface area contributed by atoms with Crippen LogP contribution in [0, 0.1) is 0 Å². The maximum absolute atomic E-state index is 6.66. The van der Waals surface area contributed by atoms with Crippen LogP contribution in [0.2, 0.25) is 0 Å². The van der Waals surface area contributed by atoms with Gasteiger partial charge in [0.25, 0.3) is 0 Å². The molecule has 0 aliphatic heterocycles. The molecule has 4 heteroatoms. The number of para-hydroxylation sites is 1. The summed E-state index contributed by atoms with van der Waals surface area (Å²) in [6.45, 7) is 0. The van der Waals surface area contributed by atoms with E-state index in [2.05, 4.69) is 176 Å². The molecule has 0 spiro atoms. The van der Waals surface area contributed by atoms with Crippen LogP contribution < -0.4 is 0 Å². The Morgan fingerprint density at radius 2 is 0.737 bits per heavy atom. The molecule has 12 aromatic rings. The van der Waals surface area contributed by atoms with E-state index in [9.17, 15) is 0 Å². The van der Waals surface area contributed by atoms with E-state index in [4.69, 9.17) is 19.4 Å². The van der Waals surface area contributed by atoms with Crippen molar-refractivity contribution >= 4 is 75.8 Å². The van der Waals surface area contributed by atoms with Gasteiger partial charge in [-0.3, -0.25) is 0 Å². The largest absolute Gasteiger partial charge is 0.456 e. The third-order valence-corrected chi connectivity index (χ3v) is 11.5. The zero-order valence-electron chi connectivity index (χ0n) is 30.6. The third-order valence-electron chi connectivity index (χ3n) is 11.5. The van der Waals surface area contributed by atoms with Gasteiger partial charge in [0.05, 0.1) is 0 Å². The summed E-state index contributed by atoms with van der Waals surface area (Å²) in [6.07, 6.45) is 0. The second-order valence-corrected chi connectivity index (χ2v) is 14.7. The van der Waals surface area contributed by atoms with Crippen LogP contribution in [0.25, 0.3) is 121 Å². The number of nitrogens with zero attached hydrogens (tertiary/aromatic N) is 3. The molecular formula is C53H31N3O. The van der Waals surface area contributed by atoms with Crippen LogP contribution in [0.3, 0.4) is 0 Å². The molecule has 0 N–H and O–H groups in total. The number of aromatic nitrogens is 3. The summed E-state index contributed by atoms with van der Waals surface area (Å²) in [4.78, 5) is 16.4. The highest BCUT2D eigenvalue weighted by atomic mass is 16.3. The molecule has 0 saturated carbocycles. The molecule has 0 aliphatic rings. The van der Waals surface area contributed by atoms with Crippen molar-refractivity contribution in [1.29, 1.82) is 0 Å². The van der Waals surface area contributed by atoms with Gasteiger partial charge in [0.15, 0.2) is 17.5 Å². The Morgan fingerprint density at radius 3 is 1.35 bits per heavy atom. The molecule has 57 heavy (non-hydrogen) atoms. The zero-order chi connectivity index (χ0) is 37.5. The first-order chi connectivity index (χ1) is 28.2. The topological polar surface area (TPSA) is 51.8 Å². The second kappa shape index (κ2) is 12.4. The Kier molecular flexibility index (Phi) is 6.89. The SMILES string of the molecule is c1ccc2c(-c3cc(-c4nc(-c5cc6ccccc6c6ccccc56)nc(-c5cc6ccccc6c6ccccc56)n4)c4c(c3)oc3ccccc34)cccc2c1. The molecule has 0 unspecified atom stereocenters. The van der Waals surface area contributed by atoms with Gasteiger partial charge in [-0.25, -0.2) is 15.0 Å². The lowest BCUT2D eigenvalue weighted by Gasteiger charge is -2.15. The predicted molar refractivity (Wildman–Crippen MR) is 236 cm³/mol. The summed E-state index contributed by atoms with van der Waals surface area (Å²) in [5.41, 5.74) is 6.55. The van der Waals surface area contributed by atoms with Crippen molar-refractivity contribution in [3.05, 3.63) is 188 Å². The molecule has 2 heterocycles. The first kappa shape index (κ1) is 31.6. The molecule has 12 rings (SSSR count). The van der Waals surface area contributed by atoms with Gasteiger partial charge in [-0.15, -0.1) is 0 Å². The fraction of sp³-hybridized carbons (Fsp3) is 0. The summed E-state index contributed by atoms with van der Waals surface area (Å²) in [5.74, 6) is 1.82. The molecule has 0 radical (unpaired) electrons. The van der Waals surface area contributed by atoms with Crippen LogP contribution in [-0.2, 0) is 0 Å². The van der Waals surface area contributed by atoms with E-state index in [1.54, 1.807) is 0 Å². The Balaban J connectivity index is 1.22. The van der Waals surface area contributed by atoms with Crippen molar-refractivity contribution < 1.29 is 4.42 Å². The minimum Gasteiger partial charge on any atom is -0.456 e. The van der Waals surface area contributed by atoms with Gasteiger partial charge in [-0.05, 0) is 95.3 Å². The molecule has 0 aliphatic carbocycles. The van der Waals surface area contributed by atoms with Crippen molar-refractivity contribution in [2.24, 2.45) is 0 Å². The molecule has 2 aromatic heterocycles. The van der Waals surface area contributed by atoms with Crippen LogP contribution in [-0.4, -0.2) is 15.0 Å². The predicted octanol–water partition coefficient (Wildman–Crippen LogP) is 14.2. The fourth-order valence-corrected chi connectivity index (χ4v) is 8.88. The monoisotopic (exact) mass is 725 g/mol. The summed E-state index contributed by atoms with van der Waals surface area (Å²) < 4.78 is 6.66. The fourth-order valence-electron chi connectivity index (χ4n) is 8.88. The zero-order valence-corrected chi connectivity index (χ0v) is 30.6. The van der Waals surface area contributed by atoms with E-state index in [0.29, 0.717) is 17.5 Å². The number of benzene rings is 10. The number of hydrogen-bond acceptors (Lipinski definition) is 4. The van der Waals surface area contributed by atoms with Gasteiger partial charge in [0.1, 0.15) is 11.2 Å². The lowest BCUT2D eigenvalue weighted by molar-refractivity contribution is 0.669. The highest BCUT2D eigenvalue weighted by molar-refractivity contribution is 6.16. The van der Waals surface area contributed by atoms with E-state index in [-0.39, 0.29) is 0 Å². The van der Waals surface area contributed by atoms with E-state index in [1.165, 1.54) is 21.5 Å². The van der Waals surface area contributed by atoms with Crippen molar-refractivity contribution in [2.75, 3.05) is 0 Å². The van der Waals surface area contributed by atoms with Gasteiger partial charge < -0.3 is 4.42 Å². The molecule has 0 fully saturated rings. The Labute approximate surface area is 327 Å².